The molecule has 1 unspecified atom stereocenters. The average Bonchev–Trinajstić information content (AvgIpc) is 2.70. The van der Waals surface area contributed by atoms with Crippen molar-refractivity contribution in [1.82, 2.24) is 5.32 Å². The first kappa shape index (κ1) is 12.8. The zero-order chi connectivity index (χ0) is 11.1. The van der Waals surface area contributed by atoms with Crippen molar-refractivity contribution in [3.8, 4) is 0 Å². The lowest BCUT2D eigenvalue weighted by Crippen LogP contribution is -2.36. The number of rotatable bonds is 7. The van der Waals surface area contributed by atoms with Crippen LogP contribution in [0.4, 0.5) is 8.78 Å². The van der Waals surface area contributed by atoms with Crippen LogP contribution in [0.1, 0.15) is 25.7 Å². The van der Waals surface area contributed by atoms with Gasteiger partial charge in [-0.25, -0.2) is 8.78 Å². The van der Waals surface area contributed by atoms with E-state index in [1.165, 1.54) is 0 Å². The number of hydrogen-bond donors (Lipinski definition) is 2. The van der Waals surface area contributed by atoms with E-state index in [2.05, 4.69) is 5.32 Å². The minimum Gasteiger partial charge on any atom is -0.390 e. The molecular weight excluding hydrogens is 204 g/mol. The quantitative estimate of drug-likeness (QED) is 0.636. The van der Waals surface area contributed by atoms with Gasteiger partial charge in [-0.05, 0) is 32.2 Å². The summed E-state index contributed by atoms with van der Waals surface area (Å²) >= 11 is 0. The number of ether oxygens (including phenoxy) is 1. The van der Waals surface area contributed by atoms with Gasteiger partial charge in [0, 0.05) is 6.61 Å². The Morgan fingerprint density at radius 3 is 2.87 bits per heavy atom. The predicted molar refractivity (Wildman–Crippen MR) is 53.1 cm³/mol. The first-order valence-corrected chi connectivity index (χ1v) is 5.45. The third-order valence-electron chi connectivity index (χ3n) is 2.52. The van der Waals surface area contributed by atoms with Gasteiger partial charge in [0.25, 0.3) is 5.92 Å². The number of nitrogens with one attached hydrogen (secondary N) is 1. The topological polar surface area (TPSA) is 41.5 Å². The van der Waals surface area contributed by atoms with Crippen LogP contribution in [0, 0.1) is 0 Å². The highest BCUT2D eigenvalue weighted by Crippen LogP contribution is 2.16. The SMILES string of the molecule is OCC(F)(F)CNCCCC1CCCO1. The van der Waals surface area contributed by atoms with Crippen molar-refractivity contribution in [2.75, 3.05) is 26.3 Å². The molecule has 1 fully saturated rings. The molecule has 1 aliphatic heterocycles. The van der Waals surface area contributed by atoms with E-state index in [-0.39, 0.29) is 0 Å². The van der Waals surface area contributed by atoms with Gasteiger partial charge >= 0.3 is 0 Å². The highest BCUT2D eigenvalue weighted by Gasteiger charge is 2.26. The molecule has 0 saturated carbocycles. The Morgan fingerprint density at radius 1 is 1.47 bits per heavy atom. The maximum atomic E-state index is 12.5. The van der Waals surface area contributed by atoms with Crippen molar-refractivity contribution >= 4 is 0 Å². The van der Waals surface area contributed by atoms with Crippen LogP contribution in [-0.2, 0) is 4.74 Å². The molecule has 0 aromatic heterocycles. The van der Waals surface area contributed by atoms with E-state index >= 15 is 0 Å². The summed E-state index contributed by atoms with van der Waals surface area (Å²) in [5.74, 6) is -3.00. The van der Waals surface area contributed by atoms with Crippen LogP contribution in [0.15, 0.2) is 0 Å². The number of hydrogen-bond acceptors (Lipinski definition) is 3. The zero-order valence-corrected chi connectivity index (χ0v) is 8.85. The van der Waals surface area contributed by atoms with Crippen molar-refractivity contribution < 1.29 is 18.6 Å². The zero-order valence-electron chi connectivity index (χ0n) is 8.85. The summed E-state index contributed by atoms with van der Waals surface area (Å²) in [6.07, 6.45) is 4.29. The molecule has 5 heteroatoms. The normalized spacial score (nSPS) is 22.2. The van der Waals surface area contributed by atoms with Gasteiger partial charge in [0.05, 0.1) is 12.6 Å². The van der Waals surface area contributed by atoms with Crippen LogP contribution < -0.4 is 5.32 Å². The molecule has 1 atom stereocenters. The van der Waals surface area contributed by atoms with Crippen LogP contribution in [0.3, 0.4) is 0 Å². The second-order valence-corrected chi connectivity index (χ2v) is 3.97. The van der Waals surface area contributed by atoms with Gasteiger partial charge in [-0.3, -0.25) is 0 Å². The largest absolute Gasteiger partial charge is 0.390 e. The molecule has 1 saturated heterocycles. The fraction of sp³-hybridized carbons (Fsp3) is 1.00. The first-order chi connectivity index (χ1) is 7.14. The lowest BCUT2D eigenvalue weighted by Gasteiger charge is -2.14. The molecule has 90 valence electrons. The van der Waals surface area contributed by atoms with Gasteiger partial charge in [0.2, 0.25) is 0 Å². The summed E-state index contributed by atoms with van der Waals surface area (Å²) in [5.41, 5.74) is 0. The van der Waals surface area contributed by atoms with Crippen molar-refractivity contribution in [3.05, 3.63) is 0 Å². The number of aliphatic hydroxyl groups is 1. The van der Waals surface area contributed by atoms with Gasteiger partial charge in [0.1, 0.15) is 6.61 Å². The van der Waals surface area contributed by atoms with Crippen molar-refractivity contribution in [2.24, 2.45) is 0 Å². The second kappa shape index (κ2) is 6.35. The van der Waals surface area contributed by atoms with Crippen molar-refractivity contribution in [2.45, 2.75) is 37.7 Å². The van der Waals surface area contributed by atoms with E-state index in [0.29, 0.717) is 12.6 Å². The Morgan fingerprint density at radius 2 is 2.27 bits per heavy atom. The van der Waals surface area contributed by atoms with Crippen LogP contribution in [0.25, 0.3) is 0 Å². The highest BCUT2D eigenvalue weighted by atomic mass is 19.3. The smallest absolute Gasteiger partial charge is 0.282 e. The fourth-order valence-corrected chi connectivity index (χ4v) is 1.65. The van der Waals surface area contributed by atoms with Gasteiger partial charge in [-0.1, -0.05) is 0 Å². The van der Waals surface area contributed by atoms with E-state index in [1.807, 2.05) is 0 Å². The Balaban J connectivity index is 1.92. The molecule has 0 bridgehead atoms. The molecule has 1 aliphatic rings. The molecule has 3 nitrogen and oxygen atoms in total. The molecule has 0 aromatic rings. The maximum Gasteiger partial charge on any atom is 0.282 e. The summed E-state index contributed by atoms with van der Waals surface area (Å²) < 4.78 is 30.5. The third-order valence-corrected chi connectivity index (χ3v) is 2.52. The molecule has 2 N–H and O–H groups in total. The van der Waals surface area contributed by atoms with Crippen molar-refractivity contribution in [3.63, 3.8) is 0 Å². The Kier molecular flexibility index (Phi) is 5.42. The van der Waals surface area contributed by atoms with Gasteiger partial charge in [0.15, 0.2) is 0 Å². The van der Waals surface area contributed by atoms with Crippen LogP contribution in [0.2, 0.25) is 0 Å². The molecule has 0 aliphatic carbocycles. The summed E-state index contributed by atoms with van der Waals surface area (Å²) in [5, 5.41) is 10.9. The highest BCUT2D eigenvalue weighted by molar-refractivity contribution is 4.69. The molecule has 0 amide bonds. The van der Waals surface area contributed by atoms with E-state index in [9.17, 15) is 8.78 Å². The summed E-state index contributed by atoms with van der Waals surface area (Å²) in [4.78, 5) is 0. The molecule has 15 heavy (non-hydrogen) atoms. The summed E-state index contributed by atoms with van der Waals surface area (Å²) in [6.45, 7) is -0.156. The van der Waals surface area contributed by atoms with E-state index < -0.39 is 19.1 Å². The molecule has 1 rings (SSSR count). The number of alkyl halides is 2. The molecule has 0 spiro atoms. The maximum absolute atomic E-state index is 12.5. The van der Waals surface area contributed by atoms with Gasteiger partial charge in [-0.15, -0.1) is 0 Å². The van der Waals surface area contributed by atoms with Crippen LogP contribution in [-0.4, -0.2) is 43.4 Å². The van der Waals surface area contributed by atoms with E-state index in [4.69, 9.17) is 9.84 Å². The van der Waals surface area contributed by atoms with Crippen LogP contribution in [0.5, 0.6) is 0 Å². The van der Waals surface area contributed by atoms with E-state index in [1.54, 1.807) is 0 Å². The Bertz CT molecular complexity index is 173. The monoisotopic (exact) mass is 223 g/mol. The molecule has 0 radical (unpaired) electrons. The van der Waals surface area contributed by atoms with Gasteiger partial charge in [-0.2, -0.15) is 0 Å². The number of aliphatic hydroxyl groups excluding tert-OH is 1. The lowest BCUT2D eigenvalue weighted by molar-refractivity contribution is -0.0475. The second-order valence-electron chi connectivity index (χ2n) is 3.97. The molecular formula is C10H19F2NO2. The average molecular weight is 223 g/mol. The molecule has 1 heterocycles. The van der Waals surface area contributed by atoms with Gasteiger partial charge < -0.3 is 15.2 Å². The summed E-state index contributed by atoms with van der Waals surface area (Å²) in [7, 11) is 0. The third kappa shape index (κ3) is 5.39. The fourth-order valence-electron chi connectivity index (χ4n) is 1.65. The minimum absolute atomic E-state index is 0.324. The standard InChI is InChI=1S/C10H19F2NO2/c11-10(12,8-14)7-13-5-1-3-9-4-2-6-15-9/h9,13-14H,1-8H2. The van der Waals surface area contributed by atoms with Crippen LogP contribution >= 0.6 is 0 Å². The Hall–Kier alpha value is -0.260. The number of halogens is 2. The first-order valence-electron chi connectivity index (χ1n) is 5.45. The molecule has 0 aromatic carbocycles. The van der Waals surface area contributed by atoms with E-state index in [0.717, 1.165) is 32.3 Å². The van der Waals surface area contributed by atoms with Crippen molar-refractivity contribution in [1.29, 1.82) is 0 Å². The minimum atomic E-state index is -3.00. The predicted octanol–water partition coefficient (Wildman–Crippen LogP) is 1.16. The lowest BCUT2D eigenvalue weighted by atomic mass is 10.1. The summed E-state index contributed by atoms with van der Waals surface area (Å²) in [6, 6.07) is 0. The Labute approximate surface area is 88.8 Å².